The second-order valence-corrected chi connectivity index (χ2v) is 4.69. The van der Waals surface area contributed by atoms with E-state index >= 15 is 0 Å². The normalized spacial score (nSPS) is 11.8. The summed E-state index contributed by atoms with van der Waals surface area (Å²) in [6.45, 7) is -0.0337. The van der Waals surface area contributed by atoms with Gasteiger partial charge in [-0.25, -0.2) is 0 Å². The minimum Gasteiger partial charge on any atom is -0.391 e. The monoisotopic (exact) mass is 313 g/mol. The average Bonchev–Trinajstić information content (AvgIpc) is 2.45. The van der Waals surface area contributed by atoms with E-state index in [2.05, 4.69) is 5.16 Å². The summed E-state index contributed by atoms with van der Waals surface area (Å²) in [6.07, 6.45) is -2.90. The van der Waals surface area contributed by atoms with Crippen molar-refractivity contribution in [3.63, 3.8) is 0 Å². The number of nitrogens with zero attached hydrogens (tertiary/aromatic N) is 1. The van der Waals surface area contributed by atoms with Gasteiger partial charge in [-0.15, -0.1) is 0 Å². The van der Waals surface area contributed by atoms with Crippen LogP contribution in [0, 0.1) is 0 Å². The first-order valence-electron chi connectivity index (χ1n) is 6.02. The van der Waals surface area contributed by atoms with Crippen LogP contribution in [0.1, 0.15) is 16.7 Å². The Morgan fingerprint density at radius 1 is 1.10 bits per heavy atom. The van der Waals surface area contributed by atoms with Crippen molar-refractivity contribution in [1.82, 2.24) is 0 Å². The van der Waals surface area contributed by atoms with Gasteiger partial charge in [-0.1, -0.05) is 41.0 Å². The zero-order chi connectivity index (χ0) is 15.3. The molecule has 0 bridgehead atoms. The third-order valence-electron chi connectivity index (χ3n) is 2.63. The Kier molecular flexibility index (Phi) is 4.85. The summed E-state index contributed by atoms with van der Waals surface area (Å²) in [4.78, 5) is 4.99. The van der Waals surface area contributed by atoms with E-state index in [0.717, 1.165) is 17.7 Å². The number of oxime groups is 1. The molecule has 0 radical (unpaired) electrons. The van der Waals surface area contributed by atoms with Crippen molar-refractivity contribution in [2.45, 2.75) is 12.8 Å². The molecule has 0 fully saturated rings. The Labute approximate surface area is 124 Å². The van der Waals surface area contributed by atoms with Crippen LogP contribution in [0.15, 0.2) is 53.7 Å². The highest BCUT2D eigenvalue weighted by Gasteiger charge is 2.30. The topological polar surface area (TPSA) is 21.6 Å². The summed E-state index contributed by atoms with van der Waals surface area (Å²) in [7, 11) is 0. The number of alkyl halides is 3. The predicted octanol–water partition coefficient (Wildman–Crippen LogP) is 4.91. The van der Waals surface area contributed by atoms with Crippen LogP contribution < -0.4 is 0 Å². The molecule has 0 aliphatic rings. The molecule has 2 rings (SSSR count). The summed E-state index contributed by atoms with van der Waals surface area (Å²) >= 11 is 5.74. The maximum absolute atomic E-state index is 12.5. The van der Waals surface area contributed by atoms with Crippen LogP contribution in [-0.4, -0.2) is 6.21 Å². The van der Waals surface area contributed by atoms with Crippen molar-refractivity contribution in [3.05, 3.63) is 70.2 Å². The lowest BCUT2D eigenvalue weighted by Gasteiger charge is -2.07. The first kappa shape index (κ1) is 15.4. The van der Waals surface area contributed by atoms with E-state index in [1.165, 1.54) is 12.3 Å². The molecular weight excluding hydrogens is 303 g/mol. The molecule has 0 unspecified atom stereocenters. The first-order chi connectivity index (χ1) is 9.95. The summed E-state index contributed by atoms with van der Waals surface area (Å²) in [6, 6.07) is 11.8. The lowest BCUT2D eigenvalue weighted by atomic mass is 10.1. The van der Waals surface area contributed by atoms with Gasteiger partial charge in [0.2, 0.25) is 0 Å². The predicted molar refractivity (Wildman–Crippen MR) is 75.3 cm³/mol. The Hall–Kier alpha value is -2.01. The molecule has 21 heavy (non-hydrogen) atoms. The van der Waals surface area contributed by atoms with Crippen molar-refractivity contribution in [2.24, 2.45) is 5.16 Å². The van der Waals surface area contributed by atoms with E-state index in [4.69, 9.17) is 16.4 Å². The van der Waals surface area contributed by atoms with Gasteiger partial charge in [-0.2, -0.15) is 13.2 Å². The molecule has 0 aromatic heterocycles. The quantitative estimate of drug-likeness (QED) is 0.580. The SMILES string of the molecule is FC(F)(F)c1cccc(CO/N=C/c2ccc(Cl)cc2)c1. The fraction of sp³-hybridized carbons (Fsp3) is 0.133. The lowest BCUT2D eigenvalue weighted by Crippen LogP contribution is -2.05. The molecule has 0 spiro atoms. The van der Waals surface area contributed by atoms with E-state index < -0.39 is 11.7 Å². The van der Waals surface area contributed by atoms with Crippen molar-refractivity contribution < 1.29 is 18.0 Å². The highest BCUT2D eigenvalue weighted by atomic mass is 35.5. The van der Waals surface area contributed by atoms with Crippen LogP contribution in [0.5, 0.6) is 0 Å². The number of benzene rings is 2. The molecule has 2 aromatic rings. The van der Waals surface area contributed by atoms with Gasteiger partial charge in [0.1, 0.15) is 6.61 Å². The molecule has 0 N–H and O–H groups in total. The van der Waals surface area contributed by atoms with Crippen molar-refractivity contribution in [1.29, 1.82) is 0 Å². The van der Waals surface area contributed by atoms with E-state index in [1.807, 2.05) is 0 Å². The van der Waals surface area contributed by atoms with E-state index in [-0.39, 0.29) is 6.61 Å². The van der Waals surface area contributed by atoms with Crippen LogP contribution in [-0.2, 0) is 17.6 Å². The third kappa shape index (κ3) is 4.79. The Bertz CT molecular complexity index is 624. The largest absolute Gasteiger partial charge is 0.416 e. The maximum atomic E-state index is 12.5. The van der Waals surface area contributed by atoms with Gasteiger partial charge in [-0.3, -0.25) is 0 Å². The highest BCUT2D eigenvalue weighted by molar-refractivity contribution is 6.30. The third-order valence-corrected chi connectivity index (χ3v) is 2.88. The smallest absolute Gasteiger partial charge is 0.391 e. The summed E-state index contributed by atoms with van der Waals surface area (Å²) in [5.41, 5.74) is 0.479. The summed E-state index contributed by atoms with van der Waals surface area (Å²) < 4.78 is 37.6. The zero-order valence-electron chi connectivity index (χ0n) is 10.8. The molecule has 0 amide bonds. The van der Waals surface area contributed by atoms with Gasteiger partial charge in [0.15, 0.2) is 0 Å². The van der Waals surface area contributed by atoms with Gasteiger partial charge in [-0.05, 0) is 35.4 Å². The fourth-order valence-electron chi connectivity index (χ4n) is 1.60. The van der Waals surface area contributed by atoms with Gasteiger partial charge in [0.05, 0.1) is 11.8 Å². The Morgan fingerprint density at radius 3 is 2.48 bits per heavy atom. The molecule has 0 saturated heterocycles. The number of hydrogen-bond acceptors (Lipinski definition) is 2. The molecule has 2 aromatic carbocycles. The summed E-state index contributed by atoms with van der Waals surface area (Å²) in [5.74, 6) is 0. The maximum Gasteiger partial charge on any atom is 0.416 e. The Morgan fingerprint density at radius 2 is 1.81 bits per heavy atom. The molecule has 0 atom stereocenters. The van der Waals surface area contributed by atoms with Crippen molar-refractivity contribution >= 4 is 17.8 Å². The van der Waals surface area contributed by atoms with E-state index in [0.29, 0.717) is 10.6 Å². The van der Waals surface area contributed by atoms with E-state index in [9.17, 15) is 13.2 Å². The average molecular weight is 314 g/mol. The minimum atomic E-state index is -4.36. The standard InChI is InChI=1S/C15H11ClF3NO/c16-14-6-4-11(5-7-14)9-20-21-10-12-2-1-3-13(8-12)15(17,18)19/h1-9H,10H2/b20-9+. The highest BCUT2D eigenvalue weighted by Crippen LogP contribution is 2.29. The van der Waals surface area contributed by atoms with Crippen LogP contribution in [0.25, 0.3) is 0 Å². The van der Waals surface area contributed by atoms with Crippen LogP contribution in [0.2, 0.25) is 5.02 Å². The van der Waals surface area contributed by atoms with Gasteiger partial charge >= 0.3 is 6.18 Å². The molecule has 2 nitrogen and oxygen atoms in total. The molecule has 110 valence electrons. The number of halogens is 4. The number of hydrogen-bond donors (Lipinski definition) is 0. The van der Waals surface area contributed by atoms with Gasteiger partial charge in [0.25, 0.3) is 0 Å². The fourth-order valence-corrected chi connectivity index (χ4v) is 1.72. The van der Waals surface area contributed by atoms with Gasteiger partial charge in [0, 0.05) is 5.02 Å². The lowest BCUT2D eigenvalue weighted by molar-refractivity contribution is -0.137. The first-order valence-corrected chi connectivity index (χ1v) is 6.40. The summed E-state index contributed by atoms with van der Waals surface area (Å²) in [5, 5.41) is 4.32. The Balaban J connectivity index is 1.93. The molecular formula is C15H11ClF3NO. The zero-order valence-corrected chi connectivity index (χ0v) is 11.5. The van der Waals surface area contributed by atoms with Gasteiger partial charge < -0.3 is 4.84 Å². The number of rotatable bonds is 4. The van der Waals surface area contributed by atoms with Crippen LogP contribution in [0.4, 0.5) is 13.2 Å². The van der Waals surface area contributed by atoms with Crippen molar-refractivity contribution in [3.8, 4) is 0 Å². The van der Waals surface area contributed by atoms with Crippen LogP contribution in [0.3, 0.4) is 0 Å². The second kappa shape index (κ2) is 6.63. The molecule has 0 heterocycles. The molecule has 6 heteroatoms. The van der Waals surface area contributed by atoms with Crippen LogP contribution >= 0.6 is 11.6 Å². The molecule has 0 aliphatic carbocycles. The van der Waals surface area contributed by atoms with Crippen molar-refractivity contribution in [2.75, 3.05) is 0 Å². The molecule has 0 saturated carbocycles. The molecule has 0 aliphatic heterocycles. The second-order valence-electron chi connectivity index (χ2n) is 4.26. The minimum absolute atomic E-state index is 0.0337. The van der Waals surface area contributed by atoms with E-state index in [1.54, 1.807) is 30.3 Å².